The van der Waals surface area contributed by atoms with Gasteiger partial charge in [0.25, 0.3) is 5.56 Å². The molecular weight excluding hydrogens is 338 g/mol. The zero-order valence-electron chi connectivity index (χ0n) is 16.0. The number of para-hydroxylation sites is 1. The molecule has 0 radical (unpaired) electrons. The molecule has 0 bridgehead atoms. The predicted molar refractivity (Wildman–Crippen MR) is 108 cm³/mol. The molecule has 5 heteroatoms. The molecule has 27 heavy (non-hydrogen) atoms. The Morgan fingerprint density at radius 1 is 1.15 bits per heavy atom. The predicted octanol–water partition coefficient (Wildman–Crippen LogP) is 3.60. The summed E-state index contributed by atoms with van der Waals surface area (Å²) >= 11 is 0. The van der Waals surface area contributed by atoms with Crippen LogP contribution >= 0.6 is 0 Å². The monoisotopic (exact) mass is 363 g/mol. The third kappa shape index (κ3) is 4.61. The number of nitrogens with zero attached hydrogens (tertiary/aromatic N) is 2. The second kappa shape index (κ2) is 8.16. The Labute approximate surface area is 159 Å². The maximum atomic E-state index is 12.8. The van der Waals surface area contributed by atoms with E-state index in [0.29, 0.717) is 36.1 Å². The fourth-order valence-electron chi connectivity index (χ4n) is 3.19. The molecule has 3 rings (SSSR count). The first-order valence-corrected chi connectivity index (χ1v) is 9.27. The maximum absolute atomic E-state index is 12.8. The van der Waals surface area contributed by atoms with Crippen molar-refractivity contribution >= 4 is 16.8 Å². The molecule has 5 nitrogen and oxygen atoms in total. The SMILES string of the molecule is Cc1cccc(CCC(=O)N(Cc2nc3ccccc3c(=O)[nH]2)C(C)C)c1. The average Bonchev–Trinajstić information content (AvgIpc) is 2.64. The van der Waals surface area contributed by atoms with Crippen molar-refractivity contribution in [3.8, 4) is 0 Å². The highest BCUT2D eigenvalue weighted by atomic mass is 16.2. The van der Waals surface area contributed by atoms with Gasteiger partial charge in [-0.05, 0) is 44.9 Å². The molecule has 0 spiro atoms. The Balaban J connectivity index is 1.75. The highest BCUT2D eigenvalue weighted by Gasteiger charge is 2.18. The Bertz CT molecular complexity index is 1010. The molecule has 1 N–H and O–H groups in total. The van der Waals surface area contributed by atoms with Crippen molar-refractivity contribution in [1.29, 1.82) is 0 Å². The van der Waals surface area contributed by atoms with E-state index in [0.717, 1.165) is 5.56 Å². The number of rotatable bonds is 6. The zero-order chi connectivity index (χ0) is 19.4. The van der Waals surface area contributed by atoms with Gasteiger partial charge in [-0.1, -0.05) is 42.0 Å². The van der Waals surface area contributed by atoms with Crippen LogP contribution in [0.25, 0.3) is 10.9 Å². The van der Waals surface area contributed by atoms with Gasteiger partial charge in [0.15, 0.2) is 0 Å². The van der Waals surface area contributed by atoms with Gasteiger partial charge in [0, 0.05) is 12.5 Å². The number of hydrogen-bond acceptors (Lipinski definition) is 3. The van der Waals surface area contributed by atoms with E-state index in [1.807, 2.05) is 57.2 Å². The normalized spacial score (nSPS) is 11.1. The molecule has 0 saturated heterocycles. The molecule has 0 atom stereocenters. The van der Waals surface area contributed by atoms with E-state index < -0.39 is 0 Å². The minimum atomic E-state index is -0.175. The fourth-order valence-corrected chi connectivity index (χ4v) is 3.19. The smallest absolute Gasteiger partial charge is 0.258 e. The summed E-state index contributed by atoms with van der Waals surface area (Å²) in [4.78, 5) is 34.2. The molecule has 0 aliphatic carbocycles. The molecule has 0 unspecified atom stereocenters. The summed E-state index contributed by atoms with van der Waals surface area (Å²) in [6.45, 7) is 6.30. The van der Waals surface area contributed by atoms with Crippen molar-refractivity contribution in [2.75, 3.05) is 0 Å². The van der Waals surface area contributed by atoms with E-state index in [2.05, 4.69) is 16.0 Å². The van der Waals surface area contributed by atoms with Crippen molar-refractivity contribution in [2.24, 2.45) is 0 Å². The van der Waals surface area contributed by atoms with Gasteiger partial charge in [0.1, 0.15) is 5.82 Å². The molecule has 0 aliphatic rings. The molecule has 140 valence electrons. The van der Waals surface area contributed by atoms with Crippen LogP contribution in [0.2, 0.25) is 0 Å². The second-order valence-electron chi connectivity index (χ2n) is 7.13. The third-order valence-corrected chi connectivity index (χ3v) is 4.64. The van der Waals surface area contributed by atoms with Crippen LogP contribution in [0, 0.1) is 6.92 Å². The molecule has 1 heterocycles. The number of carbonyl (C=O) groups excluding carboxylic acids is 1. The van der Waals surface area contributed by atoms with E-state index in [4.69, 9.17) is 0 Å². The molecule has 0 aliphatic heterocycles. The van der Waals surface area contributed by atoms with Gasteiger partial charge < -0.3 is 9.88 Å². The summed E-state index contributed by atoms with van der Waals surface area (Å²) in [6.07, 6.45) is 1.13. The van der Waals surface area contributed by atoms with Gasteiger partial charge in [-0.25, -0.2) is 4.98 Å². The van der Waals surface area contributed by atoms with Crippen LogP contribution in [0.1, 0.15) is 37.2 Å². The molecule has 2 aromatic carbocycles. The van der Waals surface area contributed by atoms with Crippen LogP contribution in [0.5, 0.6) is 0 Å². The molecular formula is C22H25N3O2. The number of aryl methyl sites for hydroxylation is 2. The zero-order valence-corrected chi connectivity index (χ0v) is 16.0. The number of amides is 1. The van der Waals surface area contributed by atoms with Crippen molar-refractivity contribution in [1.82, 2.24) is 14.9 Å². The standard InChI is InChI=1S/C22H25N3O2/c1-15(2)25(21(26)12-11-17-8-6-7-16(3)13-17)14-20-23-19-10-5-4-9-18(19)22(27)24-20/h4-10,13,15H,11-12,14H2,1-3H3,(H,23,24,27). The summed E-state index contributed by atoms with van der Waals surface area (Å²) in [5, 5.41) is 0.558. The van der Waals surface area contributed by atoms with Crippen LogP contribution in [0.4, 0.5) is 0 Å². The lowest BCUT2D eigenvalue weighted by atomic mass is 10.1. The van der Waals surface area contributed by atoms with Gasteiger partial charge in [0.05, 0.1) is 17.4 Å². The van der Waals surface area contributed by atoms with Crippen molar-refractivity contribution < 1.29 is 4.79 Å². The minimum absolute atomic E-state index is 0.0202. The van der Waals surface area contributed by atoms with Crippen molar-refractivity contribution in [3.05, 3.63) is 75.8 Å². The Morgan fingerprint density at radius 3 is 2.67 bits per heavy atom. The number of hydrogen-bond donors (Lipinski definition) is 1. The number of carbonyl (C=O) groups is 1. The molecule has 1 aromatic heterocycles. The molecule has 1 amide bonds. The fraction of sp³-hybridized carbons (Fsp3) is 0.318. The lowest BCUT2D eigenvalue weighted by Gasteiger charge is -2.26. The third-order valence-electron chi connectivity index (χ3n) is 4.64. The lowest BCUT2D eigenvalue weighted by molar-refractivity contribution is -0.133. The highest BCUT2D eigenvalue weighted by Crippen LogP contribution is 2.13. The van der Waals surface area contributed by atoms with Crippen molar-refractivity contribution in [2.45, 2.75) is 46.2 Å². The minimum Gasteiger partial charge on any atom is -0.333 e. The average molecular weight is 363 g/mol. The van der Waals surface area contributed by atoms with Crippen LogP contribution in [-0.2, 0) is 17.8 Å². The van der Waals surface area contributed by atoms with Crippen LogP contribution < -0.4 is 5.56 Å². The Hall–Kier alpha value is -2.95. The summed E-state index contributed by atoms with van der Waals surface area (Å²) in [5.74, 6) is 0.568. The quantitative estimate of drug-likeness (QED) is 0.728. The maximum Gasteiger partial charge on any atom is 0.258 e. The van der Waals surface area contributed by atoms with E-state index in [1.54, 1.807) is 11.0 Å². The Kier molecular flexibility index (Phi) is 5.69. The summed E-state index contributed by atoms with van der Waals surface area (Å²) < 4.78 is 0. The number of fused-ring (bicyclic) bond motifs is 1. The number of nitrogens with one attached hydrogen (secondary N) is 1. The highest BCUT2D eigenvalue weighted by molar-refractivity contribution is 5.78. The summed E-state index contributed by atoms with van der Waals surface area (Å²) in [7, 11) is 0. The number of aromatic amines is 1. The Morgan fingerprint density at radius 2 is 1.93 bits per heavy atom. The van der Waals surface area contributed by atoms with Gasteiger partial charge in [-0.2, -0.15) is 0 Å². The van der Waals surface area contributed by atoms with Gasteiger partial charge in [-0.3, -0.25) is 9.59 Å². The largest absolute Gasteiger partial charge is 0.333 e. The van der Waals surface area contributed by atoms with Gasteiger partial charge in [0.2, 0.25) is 5.91 Å². The van der Waals surface area contributed by atoms with Crippen LogP contribution in [-0.4, -0.2) is 26.8 Å². The first-order chi connectivity index (χ1) is 12.9. The second-order valence-corrected chi connectivity index (χ2v) is 7.13. The van der Waals surface area contributed by atoms with Gasteiger partial charge in [-0.15, -0.1) is 0 Å². The number of benzene rings is 2. The number of H-pyrrole nitrogens is 1. The number of aromatic nitrogens is 2. The first-order valence-electron chi connectivity index (χ1n) is 9.27. The van der Waals surface area contributed by atoms with E-state index in [1.165, 1.54) is 5.56 Å². The summed E-state index contributed by atoms with van der Waals surface area (Å²) in [5.41, 5.74) is 2.82. The molecule has 0 fully saturated rings. The van der Waals surface area contributed by atoms with Gasteiger partial charge >= 0.3 is 0 Å². The van der Waals surface area contributed by atoms with E-state index in [9.17, 15) is 9.59 Å². The van der Waals surface area contributed by atoms with E-state index >= 15 is 0 Å². The molecule has 3 aromatic rings. The molecule has 0 saturated carbocycles. The first kappa shape index (κ1) is 18.8. The van der Waals surface area contributed by atoms with Crippen LogP contribution in [0.3, 0.4) is 0 Å². The topological polar surface area (TPSA) is 66.1 Å². The summed E-state index contributed by atoms with van der Waals surface area (Å²) in [6, 6.07) is 15.5. The van der Waals surface area contributed by atoms with Crippen LogP contribution in [0.15, 0.2) is 53.3 Å². The van der Waals surface area contributed by atoms with E-state index in [-0.39, 0.29) is 17.5 Å². The van der Waals surface area contributed by atoms with Crippen molar-refractivity contribution in [3.63, 3.8) is 0 Å². The lowest BCUT2D eigenvalue weighted by Crippen LogP contribution is -2.37.